The van der Waals surface area contributed by atoms with Gasteiger partial charge in [-0.05, 0) is 39.3 Å². The fourth-order valence-electron chi connectivity index (χ4n) is 3.35. The molecule has 0 aromatic heterocycles. The molecule has 2 fully saturated rings. The number of hydrogen-bond acceptors (Lipinski definition) is 3. The quantitative estimate of drug-likeness (QED) is 0.377. The van der Waals surface area contributed by atoms with Gasteiger partial charge >= 0.3 is 0 Å². The summed E-state index contributed by atoms with van der Waals surface area (Å²) in [6.07, 6.45) is 2.23. The molecule has 0 saturated carbocycles. The Morgan fingerprint density at radius 2 is 2.00 bits per heavy atom. The van der Waals surface area contributed by atoms with E-state index in [1.807, 2.05) is 18.7 Å². The number of nitrogens with one attached hydrogen (secondary N) is 2. The van der Waals surface area contributed by atoms with Gasteiger partial charge in [-0.3, -0.25) is 9.79 Å². The smallest absolute Gasteiger partial charge is 0.225 e. The van der Waals surface area contributed by atoms with Crippen molar-refractivity contribution in [3.8, 4) is 0 Å². The first-order valence-electron chi connectivity index (χ1n) is 9.01. The minimum Gasteiger partial charge on any atom is -0.357 e. The number of carbonyl (C=O) groups excluding carboxylic acids is 1. The summed E-state index contributed by atoms with van der Waals surface area (Å²) in [6, 6.07) is 0.307. The number of rotatable bonds is 5. The second-order valence-electron chi connectivity index (χ2n) is 7.21. The molecule has 1 amide bonds. The SMILES string of the molecule is CCNC(=NCC1CCN(C)C1)NC1CCN(C(=O)C(C)C)C1.I. The third kappa shape index (κ3) is 6.38. The second-order valence-corrected chi connectivity index (χ2v) is 7.21. The summed E-state index contributed by atoms with van der Waals surface area (Å²) in [7, 11) is 2.17. The standard InChI is InChI=1S/C17H33N5O.HI/c1-5-18-17(19-10-14-6-8-21(4)11-14)20-15-7-9-22(12-15)16(23)13(2)3;/h13-15H,5-12H2,1-4H3,(H2,18,19,20);1H. The van der Waals surface area contributed by atoms with Crippen molar-refractivity contribution in [2.75, 3.05) is 46.3 Å². The number of guanidine groups is 1. The van der Waals surface area contributed by atoms with Gasteiger partial charge in [-0.25, -0.2) is 0 Å². The van der Waals surface area contributed by atoms with Crippen molar-refractivity contribution < 1.29 is 4.79 Å². The molecule has 2 heterocycles. The molecule has 2 rings (SSSR count). The van der Waals surface area contributed by atoms with E-state index in [0.29, 0.717) is 12.0 Å². The minimum atomic E-state index is 0. The molecule has 2 unspecified atom stereocenters. The molecule has 24 heavy (non-hydrogen) atoms. The predicted octanol–water partition coefficient (Wildman–Crippen LogP) is 1.37. The molecule has 2 N–H and O–H groups in total. The lowest BCUT2D eigenvalue weighted by Crippen LogP contribution is -2.45. The average Bonchev–Trinajstić information content (AvgIpc) is 3.13. The maximum Gasteiger partial charge on any atom is 0.225 e. The van der Waals surface area contributed by atoms with Gasteiger partial charge in [0.25, 0.3) is 0 Å². The first-order chi connectivity index (χ1) is 11.0. The van der Waals surface area contributed by atoms with Crippen LogP contribution in [0.25, 0.3) is 0 Å². The lowest BCUT2D eigenvalue weighted by atomic mass is 10.1. The number of amides is 1. The fraction of sp³-hybridized carbons (Fsp3) is 0.882. The van der Waals surface area contributed by atoms with Crippen molar-refractivity contribution in [3.63, 3.8) is 0 Å². The Hall–Kier alpha value is -0.570. The molecule has 0 spiro atoms. The molecular formula is C17H34IN5O. The highest BCUT2D eigenvalue weighted by molar-refractivity contribution is 14.0. The second kappa shape index (κ2) is 10.4. The largest absolute Gasteiger partial charge is 0.357 e. The summed E-state index contributed by atoms with van der Waals surface area (Å²) >= 11 is 0. The Morgan fingerprint density at radius 3 is 2.58 bits per heavy atom. The van der Waals surface area contributed by atoms with Crippen LogP contribution in [0.3, 0.4) is 0 Å². The van der Waals surface area contributed by atoms with Crippen molar-refractivity contribution in [1.82, 2.24) is 20.4 Å². The molecule has 2 atom stereocenters. The highest BCUT2D eigenvalue weighted by Crippen LogP contribution is 2.15. The number of halogens is 1. The molecule has 0 aromatic carbocycles. The van der Waals surface area contributed by atoms with E-state index in [1.54, 1.807) is 0 Å². The zero-order valence-corrected chi connectivity index (χ0v) is 17.9. The molecule has 7 heteroatoms. The van der Waals surface area contributed by atoms with Crippen LogP contribution in [-0.2, 0) is 4.79 Å². The first kappa shape index (κ1) is 21.5. The van der Waals surface area contributed by atoms with Gasteiger partial charge in [-0.1, -0.05) is 13.8 Å². The van der Waals surface area contributed by atoms with Crippen LogP contribution >= 0.6 is 24.0 Å². The Bertz CT molecular complexity index is 429. The van der Waals surface area contributed by atoms with Crippen molar-refractivity contribution in [2.45, 2.75) is 39.7 Å². The van der Waals surface area contributed by atoms with Crippen LogP contribution in [0.15, 0.2) is 4.99 Å². The minimum absolute atomic E-state index is 0. The van der Waals surface area contributed by atoms with Gasteiger partial charge in [-0.15, -0.1) is 24.0 Å². The molecule has 140 valence electrons. The molecule has 0 aliphatic carbocycles. The number of carbonyl (C=O) groups is 1. The Labute approximate surface area is 163 Å². The van der Waals surface area contributed by atoms with Crippen LogP contribution in [0, 0.1) is 11.8 Å². The Kier molecular flexibility index (Phi) is 9.33. The summed E-state index contributed by atoms with van der Waals surface area (Å²) in [4.78, 5) is 21.2. The Morgan fingerprint density at radius 1 is 1.25 bits per heavy atom. The monoisotopic (exact) mass is 451 g/mol. The molecule has 2 aliphatic rings. The first-order valence-corrected chi connectivity index (χ1v) is 9.01. The van der Waals surface area contributed by atoms with Crippen molar-refractivity contribution >= 4 is 35.8 Å². The molecule has 2 aliphatic heterocycles. The van der Waals surface area contributed by atoms with Crippen molar-refractivity contribution in [2.24, 2.45) is 16.8 Å². The van der Waals surface area contributed by atoms with E-state index in [4.69, 9.17) is 4.99 Å². The molecule has 2 saturated heterocycles. The number of aliphatic imine (C=N–C) groups is 1. The van der Waals surface area contributed by atoms with Crippen LogP contribution in [0.2, 0.25) is 0 Å². The molecule has 6 nitrogen and oxygen atoms in total. The zero-order valence-electron chi connectivity index (χ0n) is 15.5. The van der Waals surface area contributed by atoms with E-state index in [-0.39, 0.29) is 35.8 Å². The molecule has 0 bridgehead atoms. The topological polar surface area (TPSA) is 60.0 Å². The normalized spacial score (nSPS) is 25.0. The lowest BCUT2D eigenvalue weighted by molar-refractivity contribution is -0.133. The maximum absolute atomic E-state index is 12.1. The van der Waals surface area contributed by atoms with Crippen LogP contribution in [0.4, 0.5) is 0 Å². The van der Waals surface area contributed by atoms with Crippen molar-refractivity contribution in [1.29, 1.82) is 0 Å². The van der Waals surface area contributed by atoms with E-state index < -0.39 is 0 Å². The van der Waals surface area contributed by atoms with Gasteiger partial charge in [0.2, 0.25) is 5.91 Å². The fourth-order valence-corrected chi connectivity index (χ4v) is 3.35. The van der Waals surface area contributed by atoms with Crippen molar-refractivity contribution in [3.05, 3.63) is 0 Å². The average molecular weight is 451 g/mol. The van der Waals surface area contributed by atoms with Gasteiger partial charge in [0.15, 0.2) is 5.96 Å². The summed E-state index contributed by atoms with van der Waals surface area (Å²) < 4.78 is 0. The van der Waals surface area contributed by atoms with E-state index in [1.165, 1.54) is 13.0 Å². The van der Waals surface area contributed by atoms with E-state index in [0.717, 1.165) is 45.1 Å². The van der Waals surface area contributed by atoms with Crippen LogP contribution in [-0.4, -0.2) is 74.0 Å². The number of likely N-dealkylation sites (tertiary alicyclic amines) is 2. The summed E-state index contributed by atoms with van der Waals surface area (Å²) in [6.45, 7) is 11.7. The van der Waals surface area contributed by atoms with Gasteiger partial charge in [0.05, 0.1) is 0 Å². The lowest BCUT2D eigenvalue weighted by Gasteiger charge is -2.20. The molecule has 0 aromatic rings. The van der Waals surface area contributed by atoms with Crippen LogP contribution in [0.5, 0.6) is 0 Å². The number of hydrogen-bond donors (Lipinski definition) is 2. The maximum atomic E-state index is 12.1. The highest BCUT2D eigenvalue weighted by Gasteiger charge is 2.28. The molecule has 0 radical (unpaired) electrons. The summed E-state index contributed by atoms with van der Waals surface area (Å²) in [5, 5.41) is 6.84. The zero-order chi connectivity index (χ0) is 16.8. The van der Waals surface area contributed by atoms with Crippen LogP contribution < -0.4 is 10.6 Å². The summed E-state index contributed by atoms with van der Waals surface area (Å²) in [5.74, 6) is 1.89. The number of nitrogens with zero attached hydrogens (tertiary/aromatic N) is 3. The van der Waals surface area contributed by atoms with E-state index in [9.17, 15) is 4.79 Å². The highest BCUT2D eigenvalue weighted by atomic mass is 127. The summed E-state index contributed by atoms with van der Waals surface area (Å²) in [5.41, 5.74) is 0. The van der Waals surface area contributed by atoms with E-state index in [2.05, 4.69) is 29.5 Å². The van der Waals surface area contributed by atoms with E-state index >= 15 is 0 Å². The van der Waals surface area contributed by atoms with Gasteiger partial charge in [0, 0.05) is 44.7 Å². The van der Waals surface area contributed by atoms with Gasteiger partial charge in [0.1, 0.15) is 0 Å². The third-order valence-corrected chi connectivity index (χ3v) is 4.68. The Balaban J connectivity index is 0.00000288. The predicted molar refractivity (Wildman–Crippen MR) is 110 cm³/mol. The molecular weight excluding hydrogens is 417 g/mol. The van der Waals surface area contributed by atoms with Gasteiger partial charge in [-0.2, -0.15) is 0 Å². The van der Waals surface area contributed by atoms with Crippen LogP contribution in [0.1, 0.15) is 33.6 Å². The third-order valence-electron chi connectivity index (χ3n) is 4.68. The van der Waals surface area contributed by atoms with Gasteiger partial charge < -0.3 is 20.4 Å².